The predicted octanol–water partition coefficient (Wildman–Crippen LogP) is 2.42. The summed E-state index contributed by atoms with van der Waals surface area (Å²) in [7, 11) is -3.48. The molecule has 1 heterocycles. The first kappa shape index (κ1) is 24.1. The van der Waals surface area contributed by atoms with E-state index in [1.54, 1.807) is 35.2 Å². The van der Waals surface area contributed by atoms with E-state index in [0.717, 1.165) is 5.56 Å². The Balaban J connectivity index is 1.97. The number of nitriles is 1. The van der Waals surface area contributed by atoms with Crippen molar-refractivity contribution in [2.24, 2.45) is 5.92 Å². The zero-order valence-electron chi connectivity index (χ0n) is 18.3. The smallest absolute Gasteiger partial charge is 0.246 e. The number of piperazine rings is 1. The van der Waals surface area contributed by atoms with Gasteiger partial charge in [0.25, 0.3) is 0 Å². The summed E-state index contributed by atoms with van der Waals surface area (Å²) in [4.78, 5) is 16.7. The summed E-state index contributed by atoms with van der Waals surface area (Å²) in [5.41, 5.74) is 0.768. The fraction of sp³-hybridized carbons (Fsp3) is 0.545. The third-order valence-corrected chi connectivity index (χ3v) is 7.49. The van der Waals surface area contributed by atoms with Crippen LogP contribution in [0.15, 0.2) is 35.2 Å². The molecule has 8 heteroatoms. The van der Waals surface area contributed by atoms with Crippen LogP contribution in [0.5, 0.6) is 0 Å². The summed E-state index contributed by atoms with van der Waals surface area (Å²) in [6, 6.07) is 8.79. The van der Waals surface area contributed by atoms with E-state index in [-0.39, 0.29) is 22.8 Å². The second-order valence-corrected chi connectivity index (χ2v) is 9.61. The van der Waals surface area contributed by atoms with Crippen LogP contribution in [-0.2, 0) is 14.8 Å². The van der Waals surface area contributed by atoms with E-state index in [1.165, 1.54) is 10.4 Å². The van der Waals surface area contributed by atoms with Crippen molar-refractivity contribution in [1.82, 2.24) is 14.1 Å². The minimum Gasteiger partial charge on any atom is -0.337 e. The van der Waals surface area contributed by atoms with Gasteiger partial charge in [-0.3, -0.25) is 9.69 Å². The molecule has 2 rings (SSSR count). The van der Waals surface area contributed by atoms with E-state index < -0.39 is 10.0 Å². The molecule has 164 valence electrons. The van der Waals surface area contributed by atoms with Crippen molar-refractivity contribution in [1.29, 1.82) is 5.26 Å². The fourth-order valence-electron chi connectivity index (χ4n) is 3.61. The number of nitrogens with zero attached hydrogens (tertiary/aromatic N) is 4. The highest BCUT2D eigenvalue weighted by atomic mass is 32.2. The third kappa shape index (κ3) is 5.69. The highest BCUT2D eigenvalue weighted by Crippen LogP contribution is 2.17. The predicted molar refractivity (Wildman–Crippen MR) is 118 cm³/mol. The van der Waals surface area contributed by atoms with Crippen molar-refractivity contribution in [3.63, 3.8) is 0 Å². The molecule has 0 aromatic heterocycles. The highest BCUT2D eigenvalue weighted by Gasteiger charge is 2.27. The minimum absolute atomic E-state index is 0.0763. The van der Waals surface area contributed by atoms with E-state index in [0.29, 0.717) is 39.3 Å². The van der Waals surface area contributed by atoms with Crippen molar-refractivity contribution in [3.05, 3.63) is 35.9 Å². The van der Waals surface area contributed by atoms with E-state index in [9.17, 15) is 18.5 Å². The number of amides is 1. The molecule has 1 fully saturated rings. The standard InChI is InChI=1S/C22H32N4O3S/c1-5-26(6-2)30(28,29)20-10-7-19(8-11-20)9-12-22(27)25-15-13-24(14-16-25)21(17-23)18(3)4/h7-12,18,21H,5-6,13-16H2,1-4H3/b12-9+. The number of benzene rings is 1. The maximum absolute atomic E-state index is 12.5. The lowest BCUT2D eigenvalue weighted by Gasteiger charge is -2.37. The van der Waals surface area contributed by atoms with E-state index in [2.05, 4.69) is 11.0 Å². The van der Waals surface area contributed by atoms with Gasteiger partial charge < -0.3 is 4.90 Å². The largest absolute Gasteiger partial charge is 0.337 e. The van der Waals surface area contributed by atoms with Gasteiger partial charge in [0.1, 0.15) is 6.04 Å². The highest BCUT2D eigenvalue weighted by molar-refractivity contribution is 7.89. The summed E-state index contributed by atoms with van der Waals surface area (Å²) in [6.07, 6.45) is 3.22. The van der Waals surface area contributed by atoms with Gasteiger partial charge in [-0.1, -0.05) is 39.8 Å². The lowest BCUT2D eigenvalue weighted by molar-refractivity contribution is -0.127. The Morgan fingerprint density at radius 2 is 1.70 bits per heavy atom. The van der Waals surface area contributed by atoms with Crippen LogP contribution in [0.2, 0.25) is 0 Å². The van der Waals surface area contributed by atoms with Crippen LogP contribution in [0.4, 0.5) is 0 Å². The van der Waals surface area contributed by atoms with Crippen molar-refractivity contribution in [3.8, 4) is 6.07 Å². The zero-order valence-corrected chi connectivity index (χ0v) is 19.1. The normalized spacial score (nSPS) is 16.9. The summed E-state index contributed by atoms with van der Waals surface area (Å²) in [6.45, 7) is 11.1. The number of carbonyl (C=O) groups is 1. The Labute approximate surface area is 180 Å². The molecule has 1 aliphatic rings. The zero-order chi connectivity index (χ0) is 22.3. The molecular formula is C22H32N4O3S. The average molecular weight is 433 g/mol. The Kier molecular flexibility index (Phi) is 8.59. The van der Waals surface area contributed by atoms with E-state index in [4.69, 9.17) is 0 Å². The molecule has 0 saturated carbocycles. The van der Waals surface area contributed by atoms with Gasteiger partial charge in [0.05, 0.1) is 11.0 Å². The molecule has 0 spiro atoms. The van der Waals surface area contributed by atoms with Crippen molar-refractivity contribution < 1.29 is 13.2 Å². The molecule has 0 bridgehead atoms. The topological polar surface area (TPSA) is 84.7 Å². The Hall–Kier alpha value is -2.21. The van der Waals surface area contributed by atoms with Gasteiger partial charge in [0.15, 0.2) is 0 Å². The molecule has 1 atom stereocenters. The first-order chi connectivity index (χ1) is 14.2. The van der Waals surface area contributed by atoms with Gasteiger partial charge in [-0.05, 0) is 29.7 Å². The number of hydrogen-bond donors (Lipinski definition) is 0. The maximum Gasteiger partial charge on any atom is 0.246 e. The van der Waals surface area contributed by atoms with E-state index >= 15 is 0 Å². The Morgan fingerprint density at radius 3 is 2.17 bits per heavy atom. The van der Waals surface area contributed by atoms with Gasteiger partial charge in [-0.25, -0.2) is 8.42 Å². The monoisotopic (exact) mass is 432 g/mol. The van der Waals surface area contributed by atoms with Gasteiger partial charge in [0.2, 0.25) is 15.9 Å². The summed E-state index contributed by atoms with van der Waals surface area (Å²) >= 11 is 0. The Bertz CT molecular complexity index is 876. The van der Waals surface area contributed by atoms with Crippen LogP contribution in [0.1, 0.15) is 33.3 Å². The van der Waals surface area contributed by atoms with Crippen LogP contribution >= 0.6 is 0 Å². The number of rotatable bonds is 8. The summed E-state index contributed by atoms with van der Waals surface area (Å²) in [5.74, 6) is 0.179. The maximum atomic E-state index is 12.5. The van der Waals surface area contributed by atoms with Crippen molar-refractivity contribution >= 4 is 22.0 Å². The van der Waals surface area contributed by atoms with Gasteiger partial charge in [-0.2, -0.15) is 9.57 Å². The van der Waals surface area contributed by atoms with Crippen molar-refractivity contribution in [2.75, 3.05) is 39.3 Å². The van der Waals surface area contributed by atoms with Crippen LogP contribution in [0, 0.1) is 17.2 Å². The van der Waals surface area contributed by atoms with Gasteiger partial charge in [0, 0.05) is 45.3 Å². The van der Waals surface area contributed by atoms with Crippen molar-refractivity contribution in [2.45, 2.75) is 38.6 Å². The van der Waals surface area contributed by atoms with E-state index in [1.807, 2.05) is 27.7 Å². The fourth-order valence-corrected chi connectivity index (χ4v) is 5.07. The summed E-state index contributed by atoms with van der Waals surface area (Å²) < 4.78 is 26.5. The number of carbonyl (C=O) groups excluding carboxylic acids is 1. The minimum atomic E-state index is -3.48. The molecule has 1 amide bonds. The van der Waals surface area contributed by atoms with Crippen LogP contribution in [0.25, 0.3) is 6.08 Å². The molecule has 1 aliphatic heterocycles. The average Bonchev–Trinajstić information content (AvgIpc) is 2.73. The first-order valence-corrected chi connectivity index (χ1v) is 11.9. The number of sulfonamides is 1. The second kappa shape index (κ2) is 10.7. The molecule has 30 heavy (non-hydrogen) atoms. The lowest BCUT2D eigenvalue weighted by Crippen LogP contribution is -2.52. The molecule has 1 aromatic rings. The van der Waals surface area contributed by atoms with Gasteiger partial charge >= 0.3 is 0 Å². The first-order valence-electron chi connectivity index (χ1n) is 10.4. The van der Waals surface area contributed by atoms with Gasteiger partial charge in [-0.15, -0.1) is 0 Å². The van der Waals surface area contributed by atoms with Crippen LogP contribution in [0.3, 0.4) is 0 Å². The molecule has 7 nitrogen and oxygen atoms in total. The molecule has 1 unspecified atom stereocenters. The second-order valence-electron chi connectivity index (χ2n) is 7.67. The number of hydrogen-bond acceptors (Lipinski definition) is 5. The third-order valence-electron chi connectivity index (χ3n) is 5.42. The molecule has 0 radical (unpaired) electrons. The Morgan fingerprint density at radius 1 is 1.13 bits per heavy atom. The quantitative estimate of drug-likeness (QED) is 0.589. The van der Waals surface area contributed by atoms with Crippen LogP contribution in [-0.4, -0.2) is 73.7 Å². The molecule has 1 saturated heterocycles. The van der Waals surface area contributed by atoms with Crippen LogP contribution < -0.4 is 0 Å². The lowest BCUT2D eigenvalue weighted by atomic mass is 10.0. The molecule has 0 aliphatic carbocycles. The molecule has 0 N–H and O–H groups in total. The SMILES string of the molecule is CCN(CC)S(=O)(=O)c1ccc(/C=C/C(=O)N2CCN(C(C#N)C(C)C)CC2)cc1. The molecular weight excluding hydrogens is 400 g/mol. The molecule has 1 aromatic carbocycles. The summed E-state index contributed by atoms with van der Waals surface area (Å²) in [5, 5.41) is 9.34.